The summed E-state index contributed by atoms with van der Waals surface area (Å²) in [5.74, 6) is 0.625. The van der Waals surface area contributed by atoms with E-state index >= 15 is 0 Å². The summed E-state index contributed by atoms with van der Waals surface area (Å²) in [7, 11) is 3.46. The molecule has 1 heterocycles. The van der Waals surface area contributed by atoms with Gasteiger partial charge in [-0.1, -0.05) is 23.7 Å². The zero-order valence-corrected chi connectivity index (χ0v) is 17.0. The lowest BCUT2D eigenvalue weighted by atomic mass is 10.1. The number of likely N-dealkylation sites (N-methyl/N-ethyl adjacent to an activating group) is 1. The molecule has 1 aromatic rings. The fraction of sp³-hybridized carbons (Fsp3) is 0.579. The van der Waals surface area contributed by atoms with Gasteiger partial charge in [-0.05, 0) is 24.1 Å². The molecule has 0 aromatic heterocycles. The molecule has 1 aliphatic rings. The van der Waals surface area contributed by atoms with Gasteiger partial charge in [0.25, 0.3) is 0 Å². The number of nitrogens with one attached hydrogen (secondary N) is 2. The molecule has 7 nitrogen and oxygen atoms in total. The third-order valence-electron chi connectivity index (χ3n) is 4.29. The molecule has 27 heavy (non-hydrogen) atoms. The van der Waals surface area contributed by atoms with Crippen molar-refractivity contribution < 1.29 is 9.53 Å². The number of hydrogen-bond donors (Lipinski definition) is 2. The molecule has 0 atom stereocenters. The first-order valence-corrected chi connectivity index (χ1v) is 9.69. The smallest absolute Gasteiger partial charge is 0.243 e. The second-order valence-corrected chi connectivity index (χ2v) is 7.08. The van der Waals surface area contributed by atoms with Crippen LogP contribution in [0.3, 0.4) is 0 Å². The summed E-state index contributed by atoms with van der Waals surface area (Å²) in [6, 6.07) is 7.82. The zero-order valence-electron chi connectivity index (χ0n) is 16.2. The minimum Gasteiger partial charge on any atom is -0.379 e. The number of ether oxygens (including phenoxy) is 1. The molecule has 8 heteroatoms. The number of nitrogens with zero attached hydrogens (tertiary/aromatic N) is 3. The topological polar surface area (TPSA) is 69.2 Å². The molecule has 0 unspecified atom stereocenters. The molecule has 0 radical (unpaired) electrons. The van der Waals surface area contributed by atoms with Gasteiger partial charge < -0.3 is 20.3 Å². The molecule has 1 fully saturated rings. The second kappa shape index (κ2) is 11.8. The Kier molecular flexibility index (Phi) is 9.38. The van der Waals surface area contributed by atoms with Gasteiger partial charge in [0, 0.05) is 51.8 Å². The van der Waals surface area contributed by atoms with Gasteiger partial charge in [0.1, 0.15) is 6.54 Å². The van der Waals surface area contributed by atoms with Crippen molar-refractivity contribution in [1.29, 1.82) is 0 Å². The van der Waals surface area contributed by atoms with Crippen LogP contribution in [0.5, 0.6) is 0 Å². The predicted molar refractivity (Wildman–Crippen MR) is 109 cm³/mol. The Labute approximate surface area is 166 Å². The van der Waals surface area contributed by atoms with Crippen molar-refractivity contribution in [2.45, 2.75) is 6.42 Å². The monoisotopic (exact) mass is 395 g/mol. The number of morpholine rings is 1. The van der Waals surface area contributed by atoms with Crippen molar-refractivity contribution in [3.8, 4) is 0 Å². The third-order valence-corrected chi connectivity index (χ3v) is 4.53. The van der Waals surface area contributed by atoms with Crippen LogP contribution in [0.15, 0.2) is 29.3 Å². The van der Waals surface area contributed by atoms with Crippen molar-refractivity contribution in [3.63, 3.8) is 0 Å². The van der Waals surface area contributed by atoms with Gasteiger partial charge in [-0.15, -0.1) is 0 Å². The molecule has 150 valence electrons. The van der Waals surface area contributed by atoms with E-state index in [9.17, 15) is 4.79 Å². The van der Waals surface area contributed by atoms with Crippen molar-refractivity contribution in [1.82, 2.24) is 20.4 Å². The molecule has 0 aliphatic carbocycles. The summed E-state index contributed by atoms with van der Waals surface area (Å²) in [5.41, 5.74) is 1.16. The number of hydrogen-bond acceptors (Lipinski definition) is 4. The molecular formula is C19H30ClN5O2. The quantitative estimate of drug-likeness (QED) is 0.504. The Morgan fingerprint density at radius 1 is 1.26 bits per heavy atom. The molecule has 0 bridgehead atoms. The Morgan fingerprint density at radius 2 is 2.00 bits per heavy atom. The van der Waals surface area contributed by atoms with Crippen LogP contribution < -0.4 is 10.6 Å². The number of aliphatic imine (C=N–C) groups is 1. The number of guanidine groups is 1. The Morgan fingerprint density at radius 3 is 2.70 bits per heavy atom. The van der Waals surface area contributed by atoms with Crippen LogP contribution in [-0.2, 0) is 16.0 Å². The summed E-state index contributed by atoms with van der Waals surface area (Å²) in [6.07, 6.45) is 0.826. The first kappa shape index (κ1) is 21.5. The lowest BCUT2D eigenvalue weighted by molar-refractivity contribution is -0.127. The van der Waals surface area contributed by atoms with E-state index in [4.69, 9.17) is 16.3 Å². The van der Waals surface area contributed by atoms with Gasteiger partial charge in [0.05, 0.1) is 13.2 Å². The fourth-order valence-electron chi connectivity index (χ4n) is 2.64. The van der Waals surface area contributed by atoms with E-state index in [1.54, 1.807) is 19.0 Å². The molecule has 2 rings (SSSR count). The first-order chi connectivity index (χ1) is 13.0. The van der Waals surface area contributed by atoms with E-state index in [1.807, 2.05) is 24.3 Å². The highest BCUT2D eigenvalue weighted by atomic mass is 35.5. The zero-order chi connectivity index (χ0) is 19.5. The van der Waals surface area contributed by atoms with E-state index < -0.39 is 0 Å². The lowest BCUT2D eigenvalue weighted by Gasteiger charge is -2.26. The Balaban J connectivity index is 1.82. The molecule has 1 aromatic carbocycles. The SMILES string of the molecule is CN(C)C(=O)CN=C(NCCc1cccc(Cl)c1)NCCN1CCOCC1. The second-order valence-electron chi connectivity index (χ2n) is 6.64. The van der Waals surface area contributed by atoms with E-state index in [1.165, 1.54) is 0 Å². The molecular weight excluding hydrogens is 366 g/mol. The highest BCUT2D eigenvalue weighted by Gasteiger charge is 2.10. The minimum absolute atomic E-state index is 0.0286. The van der Waals surface area contributed by atoms with E-state index in [0.717, 1.165) is 56.4 Å². The molecule has 1 saturated heterocycles. The van der Waals surface area contributed by atoms with Gasteiger partial charge in [0.2, 0.25) is 5.91 Å². The third kappa shape index (κ3) is 8.60. The maximum absolute atomic E-state index is 11.8. The van der Waals surface area contributed by atoms with Gasteiger partial charge in [-0.25, -0.2) is 4.99 Å². The van der Waals surface area contributed by atoms with Crippen LogP contribution in [0, 0.1) is 0 Å². The standard InChI is InChI=1S/C19H30ClN5O2/c1-24(2)18(26)15-23-19(22-8-9-25-10-12-27-13-11-25)21-7-6-16-4-3-5-17(20)14-16/h3-5,14H,6-13,15H2,1-2H3,(H2,21,22,23). The largest absolute Gasteiger partial charge is 0.379 e. The fourth-order valence-corrected chi connectivity index (χ4v) is 2.85. The number of carbonyl (C=O) groups excluding carboxylic acids is 1. The molecule has 1 amide bonds. The van der Waals surface area contributed by atoms with Crippen LogP contribution >= 0.6 is 11.6 Å². The van der Waals surface area contributed by atoms with E-state index in [2.05, 4.69) is 20.5 Å². The average molecular weight is 396 g/mol. The van der Waals surface area contributed by atoms with Gasteiger partial charge in [0.15, 0.2) is 5.96 Å². The Bertz CT molecular complexity index is 618. The van der Waals surface area contributed by atoms with Gasteiger partial charge in [-0.2, -0.15) is 0 Å². The summed E-state index contributed by atoms with van der Waals surface area (Å²) >= 11 is 6.03. The van der Waals surface area contributed by atoms with Crippen LogP contribution in [0.4, 0.5) is 0 Å². The van der Waals surface area contributed by atoms with Crippen molar-refractivity contribution in [2.24, 2.45) is 4.99 Å². The summed E-state index contributed by atoms with van der Waals surface area (Å²) in [6.45, 7) is 5.99. The van der Waals surface area contributed by atoms with Crippen LogP contribution in [0.25, 0.3) is 0 Å². The van der Waals surface area contributed by atoms with Crippen LogP contribution in [0.1, 0.15) is 5.56 Å². The van der Waals surface area contributed by atoms with Crippen molar-refractivity contribution in [2.75, 3.05) is 66.6 Å². The highest BCUT2D eigenvalue weighted by Crippen LogP contribution is 2.10. The maximum Gasteiger partial charge on any atom is 0.243 e. The van der Waals surface area contributed by atoms with Crippen LogP contribution in [0.2, 0.25) is 5.02 Å². The molecule has 0 saturated carbocycles. The van der Waals surface area contributed by atoms with Gasteiger partial charge >= 0.3 is 0 Å². The summed E-state index contributed by atoms with van der Waals surface area (Å²) in [5, 5.41) is 7.36. The Hall–Kier alpha value is -1.83. The van der Waals surface area contributed by atoms with E-state index in [-0.39, 0.29) is 12.5 Å². The number of carbonyl (C=O) groups is 1. The molecule has 1 aliphatic heterocycles. The van der Waals surface area contributed by atoms with Gasteiger partial charge in [-0.3, -0.25) is 9.69 Å². The minimum atomic E-state index is -0.0286. The molecule has 0 spiro atoms. The average Bonchev–Trinajstić information content (AvgIpc) is 2.66. The maximum atomic E-state index is 11.8. The summed E-state index contributed by atoms with van der Waals surface area (Å²) < 4.78 is 5.37. The number of benzene rings is 1. The number of rotatable bonds is 8. The van der Waals surface area contributed by atoms with Crippen molar-refractivity contribution in [3.05, 3.63) is 34.9 Å². The predicted octanol–water partition coefficient (Wildman–Crippen LogP) is 0.838. The summed E-state index contributed by atoms with van der Waals surface area (Å²) in [4.78, 5) is 20.1. The number of amides is 1. The number of halogens is 1. The van der Waals surface area contributed by atoms with Crippen molar-refractivity contribution >= 4 is 23.5 Å². The lowest BCUT2D eigenvalue weighted by Crippen LogP contribution is -2.45. The first-order valence-electron chi connectivity index (χ1n) is 9.31. The molecule has 2 N–H and O–H groups in total. The van der Waals surface area contributed by atoms with E-state index in [0.29, 0.717) is 12.5 Å². The normalized spacial score (nSPS) is 15.4. The van der Waals surface area contributed by atoms with Crippen LogP contribution in [-0.4, -0.2) is 88.2 Å². The highest BCUT2D eigenvalue weighted by molar-refractivity contribution is 6.30.